The number of likely N-dealkylation sites (tertiary alicyclic amines) is 1. The molecule has 2 N–H and O–H groups in total. The number of hydrogen-bond donors (Lipinski definition) is 1. The zero-order valence-electron chi connectivity index (χ0n) is 16.4. The molecule has 1 amide bonds. The van der Waals surface area contributed by atoms with E-state index in [1.54, 1.807) is 17.0 Å². The predicted octanol–water partition coefficient (Wildman–Crippen LogP) is 4.60. The topological polar surface area (TPSA) is 73.4 Å². The number of alkyl halides is 3. The lowest BCUT2D eigenvalue weighted by Crippen LogP contribution is -2.38. The Morgan fingerprint density at radius 3 is 2.26 bits per heavy atom. The first-order valence-electron chi connectivity index (χ1n) is 9.93. The summed E-state index contributed by atoms with van der Waals surface area (Å²) < 4.78 is 45.5. The summed E-state index contributed by atoms with van der Waals surface area (Å²) in [5.41, 5.74) is 7.90. The van der Waals surface area contributed by atoms with Crippen molar-refractivity contribution in [1.82, 2.24) is 14.5 Å². The number of pyridine rings is 1. The van der Waals surface area contributed by atoms with Crippen LogP contribution in [-0.2, 0) is 6.18 Å². The Morgan fingerprint density at radius 1 is 1.06 bits per heavy atom. The Morgan fingerprint density at radius 2 is 1.74 bits per heavy atom. The molecule has 1 fully saturated rings. The minimum absolute atomic E-state index is 0.145. The number of fused-ring (bicyclic) bond motifs is 1. The quantitative estimate of drug-likeness (QED) is 0.516. The van der Waals surface area contributed by atoms with Crippen molar-refractivity contribution >= 4 is 11.7 Å². The fourth-order valence-electron chi connectivity index (χ4n) is 4.07. The largest absolute Gasteiger partial charge is 0.456 e. The molecule has 0 aliphatic carbocycles. The summed E-state index contributed by atoms with van der Waals surface area (Å²) >= 11 is 0. The lowest BCUT2D eigenvalue weighted by atomic mass is 9.95. The summed E-state index contributed by atoms with van der Waals surface area (Å²) in [6.45, 7) is 1.30. The molecule has 160 valence electrons. The summed E-state index contributed by atoms with van der Waals surface area (Å²) in [7, 11) is 0. The number of benzene rings is 1. The molecule has 3 aliphatic rings. The van der Waals surface area contributed by atoms with Gasteiger partial charge in [0, 0.05) is 25.1 Å². The van der Waals surface area contributed by atoms with Crippen LogP contribution >= 0.6 is 0 Å². The van der Waals surface area contributed by atoms with Crippen LogP contribution in [0.4, 0.5) is 19.0 Å². The van der Waals surface area contributed by atoms with E-state index >= 15 is 0 Å². The minimum Gasteiger partial charge on any atom is -0.456 e. The SMILES string of the molecule is Nc1cc2c(C3CCN(C(=O)c4ccc(Oc5ccc(C(F)(F)F)cc5)cn4)CC3)n1-2. The molecule has 3 aliphatic heterocycles. The van der Waals surface area contributed by atoms with Gasteiger partial charge in [0.15, 0.2) is 0 Å². The average Bonchev–Trinajstić information content (AvgIpc) is 3.39. The van der Waals surface area contributed by atoms with Crippen molar-refractivity contribution < 1.29 is 22.7 Å². The van der Waals surface area contributed by atoms with Crippen LogP contribution in [0.3, 0.4) is 0 Å². The lowest BCUT2D eigenvalue weighted by molar-refractivity contribution is -0.137. The molecule has 0 radical (unpaired) electrons. The molecule has 0 atom stereocenters. The van der Waals surface area contributed by atoms with E-state index in [2.05, 4.69) is 9.55 Å². The Hall–Kier alpha value is -3.49. The van der Waals surface area contributed by atoms with Crippen LogP contribution in [0, 0.1) is 0 Å². The number of nitrogens with two attached hydrogens (primary N) is 1. The number of ether oxygens (including phenoxy) is 1. The first kappa shape index (κ1) is 19.5. The van der Waals surface area contributed by atoms with Crippen LogP contribution in [0.15, 0.2) is 48.7 Å². The molecule has 4 heterocycles. The smallest absolute Gasteiger partial charge is 0.416 e. The first-order chi connectivity index (χ1) is 14.8. The minimum atomic E-state index is -4.39. The number of piperidine rings is 1. The normalized spacial score (nSPS) is 15.8. The van der Waals surface area contributed by atoms with Crippen molar-refractivity contribution in [1.29, 1.82) is 0 Å². The average molecular weight is 428 g/mol. The van der Waals surface area contributed by atoms with Gasteiger partial charge in [0.2, 0.25) is 0 Å². The molecule has 0 unspecified atom stereocenters. The number of rotatable bonds is 4. The van der Waals surface area contributed by atoms with Gasteiger partial charge in [-0.25, -0.2) is 4.98 Å². The van der Waals surface area contributed by atoms with Crippen molar-refractivity contribution in [2.45, 2.75) is 24.9 Å². The van der Waals surface area contributed by atoms with Gasteiger partial charge in [-0.3, -0.25) is 9.36 Å². The van der Waals surface area contributed by atoms with Crippen molar-refractivity contribution in [2.24, 2.45) is 0 Å². The van der Waals surface area contributed by atoms with Crippen LogP contribution in [0.5, 0.6) is 11.5 Å². The fraction of sp³-hybridized carbons (Fsp3) is 0.273. The molecular formula is C22H19F3N4O2. The Balaban J connectivity index is 1.18. The van der Waals surface area contributed by atoms with Gasteiger partial charge >= 0.3 is 6.18 Å². The summed E-state index contributed by atoms with van der Waals surface area (Å²) in [5.74, 6) is 1.68. The van der Waals surface area contributed by atoms with E-state index < -0.39 is 11.7 Å². The third-order valence-corrected chi connectivity index (χ3v) is 5.78. The van der Waals surface area contributed by atoms with E-state index in [4.69, 9.17) is 10.5 Å². The molecule has 6 nitrogen and oxygen atoms in total. The first-order valence-corrected chi connectivity index (χ1v) is 9.93. The standard InChI is InChI=1S/C22H19F3N4O2/c23-22(24,25)14-1-3-15(4-2-14)31-16-5-6-17(27-12-16)21(30)28-9-7-13(8-10-28)20-18-11-19(26)29(18)20/h1-6,11-13H,7-10,26H2. The second kappa shape index (κ2) is 7.04. The van der Waals surface area contributed by atoms with E-state index in [1.807, 2.05) is 6.07 Å². The van der Waals surface area contributed by atoms with Gasteiger partial charge in [-0.2, -0.15) is 13.2 Å². The number of nitrogen functional groups attached to an aromatic ring is 1. The highest BCUT2D eigenvalue weighted by atomic mass is 19.4. The highest BCUT2D eigenvalue weighted by Crippen LogP contribution is 2.47. The van der Waals surface area contributed by atoms with Crippen LogP contribution in [0.25, 0.3) is 5.69 Å². The van der Waals surface area contributed by atoms with Gasteiger partial charge in [0.1, 0.15) is 23.0 Å². The Bertz CT molecular complexity index is 1130. The van der Waals surface area contributed by atoms with E-state index in [0.717, 1.165) is 30.8 Å². The predicted molar refractivity (Wildman–Crippen MR) is 107 cm³/mol. The third-order valence-electron chi connectivity index (χ3n) is 5.78. The van der Waals surface area contributed by atoms with Gasteiger partial charge in [-0.15, -0.1) is 0 Å². The maximum atomic E-state index is 12.7. The Kier molecular flexibility index (Phi) is 4.42. The molecule has 1 aromatic carbocycles. The number of carbonyl (C=O) groups is 1. The lowest BCUT2D eigenvalue weighted by Gasteiger charge is -2.30. The van der Waals surface area contributed by atoms with E-state index in [-0.39, 0.29) is 11.7 Å². The summed E-state index contributed by atoms with van der Waals surface area (Å²) in [4.78, 5) is 18.7. The number of anilines is 1. The highest BCUT2D eigenvalue weighted by molar-refractivity contribution is 5.92. The fourth-order valence-corrected chi connectivity index (χ4v) is 4.07. The monoisotopic (exact) mass is 428 g/mol. The van der Waals surface area contributed by atoms with Crippen LogP contribution in [0.1, 0.15) is 40.5 Å². The summed E-state index contributed by atoms with van der Waals surface area (Å²) in [5, 5.41) is 0. The number of hydrogen-bond acceptors (Lipinski definition) is 4. The van der Waals surface area contributed by atoms with Gasteiger partial charge in [0.05, 0.1) is 23.1 Å². The molecule has 31 heavy (non-hydrogen) atoms. The number of carbonyl (C=O) groups excluding carboxylic acids is 1. The van der Waals surface area contributed by atoms with Crippen LogP contribution < -0.4 is 10.5 Å². The third kappa shape index (κ3) is 3.60. The van der Waals surface area contributed by atoms with Gasteiger partial charge < -0.3 is 15.4 Å². The van der Waals surface area contributed by atoms with Crippen molar-refractivity contribution in [3.8, 4) is 17.2 Å². The van der Waals surface area contributed by atoms with Crippen LogP contribution in [0.2, 0.25) is 0 Å². The molecule has 0 saturated carbocycles. The second-order valence-corrected chi connectivity index (χ2v) is 7.74. The van der Waals surface area contributed by atoms with Gasteiger partial charge in [-0.05, 0) is 49.2 Å². The van der Waals surface area contributed by atoms with E-state index in [9.17, 15) is 18.0 Å². The number of halogens is 3. The van der Waals surface area contributed by atoms with Gasteiger partial charge in [-0.1, -0.05) is 0 Å². The molecular weight excluding hydrogens is 409 g/mol. The van der Waals surface area contributed by atoms with Crippen molar-refractivity contribution in [3.63, 3.8) is 0 Å². The molecule has 9 heteroatoms. The maximum Gasteiger partial charge on any atom is 0.416 e. The Labute approximate surface area is 176 Å². The molecule has 2 aromatic rings. The zero-order chi connectivity index (χ0) is 21.8. The molecule has 1 saturated heterocycles. The number of aromatic nitrogens is 2. The number of nitrogens with zero attached hydrogens (tertiary/aromatic N) is 3. The summed E-state index contributed by atoms with van der Waals surface area (Å²) in [6.07, 6.45) is -1.23. The number of amides is 1. The highest BCUT2D eigenvalue weighted by Gasteiger charge is 2.37. The van der Waals surface area contributed by atoms with E-state index in [1.165, 1.54) is 29.7 Å². The second-order valence-electron chi connectivity index (χ2n) is 7.74. The zero-order valence-corrected chi connectivity index (χ0v) is 16.4. The van der Waals surface area contributed by atoms with E-state index in [0.29, 0.717) is 30.5 Å². The molecule has 0 bridgehead atoms. The van der Waals surface area contributed by atoms with Crippen LogP contribution in [-0.4, -0.2) is 33.4 Å². The van der Waals surface area contributed by atoms with Gasteiger partial charge in [0.25, 0.3) is 5.91 Å². The maximum absolute atomic E-state index is 12.7. The molecule has 1 aromatic heterocycles. The molecule has 0 spiro atoms. The van der Waals surface area contributed by atoms with Crippen molar-refractivity contribution in [2.75, 3.05) is 18.8 Å². The van der Waals surface area contributed by atoms with Crippen molar-refractivity contribution in [3.05, 3.63) is 65.6 Å². The summed E-state index contributed by atoms with van der Waals surface area (Å²) in [6, 6.07) is 9.52. The molecule has 5 rings (SSSR count).